The van der Waals surface area contributed by atoms with Crippen molar-refractivity contribution in [3.8, 4) is 0 Å². The van der Waals surface area contributed by atoms with Crippen LogP contribution in [0.3, 0.4) is 0 Å². The van der Waals surface area contributed by atoms with E-state index in [9.17, 15) is 9.59 Å². The molecule has 2 amide bonds. The van der Waals surface area contributed by atoms with E-state index in [0.29, 0.717) is 32.7 Å². The van der Waals surface area contributed by atoms with Crippen LogP contribution in [0.1, 0.15) is 48.2 Å². The average molecular weight is 388 g/mol. The van der Waals surface area contributed by atoms with E-state index in [1.54, 1.807) is 0 Å². The molecule has 4 saturated carbocycles. The first kappa shape index (κ1) is 17.7. The zero-order valence-corrected chi connectivity index (χ0v) is 16.7. The standard InChI is InChI=1S/C21H29N3O2S/c25-19(14-22-21-11-15-8-16(12-21)10-17(9-15)13-21)23-3-5-24(6-4-23)20(26)18-2-1-7-27-18/h1-2,7,15-17,22H,3-6,8-14H2. The predicted octanol–water partition coefficient (Wildman–Crippen LogP) is 2.59. The van der Waals surface area contributed by atoms with E-state index in [4.69, 9.17) is 0 Å². The van der Waals surface area contributed by atoms with Gasteiger partial charge in [0.25, 0.3) is 5.91 Å². The second-order valence-corrected chi connectivity index (χ2v) is 10.1. The highest BCUT2D eigenvalue weighted by atomic mass is 32.1. The van der Waals surface area contributed by atoms with Crippen molar-refractivity contribution >= 4 is 23.2 Å². The lowest BCUT2D eigenvalue weighted by molar-refractivity contribution is -0.132. The van der Waals surface area contributed by atoms with Gasteiger partial charge in [0.1, 0.15) is 0 Å². The minimum Gasteiger partial charge on any atom is -0.338 e. The molecule has 5 nitrogen and oxygen atoms in total. The fourth-order valence-electron chi connectivity index (χ4n) is 6.42. The Morgan fingerprint density at radius 1 is 1.00 bits per heavy atom. The van der Waals surface area contributed by atoms with Gasteiger partial charge in [0.05, 0.1) is 11.4 Å². The molecule has 27 heavy (non-hydrogen) atoms. The van der Waals surface area contributed by atoms with Crippen LogP contribution in [0.2, 0.25) is 0 Å². The Hall–Kier alpha value is -1.40. The van der Waals surface area contributed by atoms with Crippen LogP contribution in [0.25, 0.3) is 0 Å². The second kappa shape index (κ2) is 6.89. The lowest BCUT2D eigenvalue weighted by Crippen LogP contribution is -2.60. The molecule has 0 spiro atoms. The van der Waals surface area contributed by atoms with Crippen molar-refractivity contribution in [2.45, 2.75) is 44.1 Å². The summed E-state index contributed by atoms with van der Waals surface area (Å²) in [5, 5.41) is 5.64. The van der Waals surface area contributed by atoms with Crippen LogP contribution in [0, 0.1) is 17.8 Å². The molecule has 6 rings (SSSR count). The van der Waals surface area contributed by atoms with Gasteiger partial charge in [-0.3, -0.25) is 9.59 Å². The van der Waals surface area contributed by atoms with E-state index in [2.05, 4.69) is 5.32 Å². The normalized spacial score (nSPS) is 34.9. The minimum absolute atomic E-state index is 0.101. The van der Waals surface area contributed by atoms with Crippen molar-refractivity contribution in [3.63, 3.8) is 0 Å². The maximum Gasteiger partial charge on any atom is 0.264 e. The topological polar surface area (TPSA) is 52.7 Å². The molecule has 5 fully saturated rings. The molecule has 1 aromatic rings. The van der Waals surface area contributed by atoms with Crippen molar-refractivity contribution in [3.05, 3.63) is 22.4 Å². The summed E-state index contributed by atoms with van der Waals surface area (Å²) in [7, 11) is 0. The third-order valence-electron chi connectivity index (χ3n) is 7.30. The average Bonchev–Trinajstić information content (AvgIpc) is 3.19. The summed E-state index contributed by atoms with van der Waals surface area (Å²) >= 11 is 1.49. The first-order valence-corrected chi connectivity index (χ1v) is 11.3. The lowest BCUT2D eigenvalue weighted by Gasteiger charge is -2.57. The van der Waals surface area contributed by atoms with E-state index in [-0.39, 0.29) is 17.4 Å². The molecule has 4 aliphatic carbocycles. The van der Waals surface area contributed by atoms with Crippen LogP contribution in [0.15, 0.2) is 17.5 Å². The number of amides is 2. The Kier molecular flexibility index (Phi) is 4.51. The van der Waals surface area contributed by atoms with Crippen molar-refractivity contribution in [1.29, 1.82) is 0 Å². The number of nitrogens with one attached hydrogen (secondary N) is 1. The van der Waals surface area contributed by atoms with Crippen LogP contribution in [0.5, 0.6) is 0 Å². The monoisotopic (exact) mass is 387 g/mol. The molecule has 0 radical (unpaired) electrons. The predicted molar refractivity (Wildman–Crippen MR) is 106 cm³/mol. The van der Waals surface area contributed by atoms with Gasteiger partial charge in [-0.25, -0.2) is 0 Å². The Bertz CT molecular complexity index is 674. The number of nitrogens with zero attached hydrogens (tertiary/aromatic N) is 2. The Morgan fingerprint density at radius 3 is 2.15 bits per heavy atom. The van der Waals surface area contributed by atoms with Gasteiger partial charge < -0.3 is 15.1 Å². The number of thiophene rings is 1. The van der Waals surface area contributed by atoms with Gasteiger partial charge in [-0.1, -0.05) is 6.07 Å². The number of piperazine rings is 1. The Morgan fingerprint density at radius 2 is 1.59 bits per heavy atom. The van der Waals surface area contributed by atoms with Crippen LogP contribution in [0.4, 0.5) is 0 Å². The number of rotatable bonds is 4. The highest BCUT2D eigenvalue weighted by Gasteiger charge is 2.50. The minimum atomic E-state index is 0.101. The van der Waals surface area contributed by atoms with Gasteiger partial charge in [0.15, 0.2) is 0 Å². The first-order valence-electron chi connectivity index (χ1n) is 10.5. The van der Waals surface area contributed by atoms with Gasteiger partial charge in [0, 0.05) is 31.7 Å². The summed E-state index contributed by atoms with van der Waals surface area (Å²) in [6.45, 7) is 3.04. The van der Waals surface area contributed by atoms with Gasteiger partial charge in [-0.15, -0.1) is 11.3 Å². The fraction of sp³-hybridized carbons (Fsp3) is 0.714. The Labute approximate surface area is 165 Å². The fourth-order valence-corrected chi connectivity index (χ4v) is 7.11. The van der Waals surface area contributed by atoms with Gasteiger partial charge in [-0.2, -0.15) is 0 Å². The molecular formula is C21H29N3O2S. The molecule has 5 aliphatic rings. The molecule has 4 bridgehead atoms. The summed E-state index contributed by atoms with van der Waals surface area (Å²) in [5.74, 6) is 2.99. The number of hydrogen-bond acceptors (Lipinski definition) is 4. The van der Waals surface area contributed by atoms with Gasteiger partial charge in [0.2, 0.25) is 5.91 Å². The van der Waals surface area contributed by atoms with E-state index in [1.165, 1.54) is 49.9 Å². The largest absolute Gasteiger partial charge is 0.338 e. The highest BCUT2D eigenvalue weighted by molar-refractivity contribution is 7.12. The zero-order chi connectivity index (χ0) is 18.4. The molecule has 1 saturated heterocycles. The second-order valence-electron chi connectivity index (χ2n) is 9.20. The molecule has 1 aliphatic heterocycles. The molecule has 1 N–H and O–H groups in total. The molecule has 1 aromatic heterocycles. The third kappa shape index (κ3) is 3.42. The highest BCUT2D eigenvalue weighted by Crippen LogP contribution is 2.55. The quantitative estimate of drug-likeness (QED) is 0.864. The lowest BCUT2D eigenvalue weighted by atomic mass is 9.53. The maximum atomic E-state index is 12.8. The van der Waals surface area contributed by atoms with Crippen molar-refractivity contribution in [2.75, 3.05) is 32.7 Å². The SMILES string of the molecule is O=C(CNC12CC3CC(CC(C3)C1)C2)N1CCN(C(=O)c2cccs2)CC1. The van der Waals surface area contributed by atoms with E-state index < -0.39 is 0 Å². The molecule has 6 heteroatoms. The van der Waals surface area contributed by atoms with Crippen LogP contribution < -0.4 is 5.32 Å². The van der Waals surface area contributed by atoms with E-state index >= 15 is 0 Å². The smallest absolute Gasteiger partial charge is 0.264 e. The number of carbonyl (C=O) groups excluding carboxylic acids is 2. The van der Waals surface area contributed by atoms with Crippen LogP contribution in [-0.4, -0.2) is 59.9 Å². The van der Waals surface area contributed by atoms with Crippen LogP contribution >= 0.6 is 11.3 Å². The third-order valence-corrected chi connectivity index (χ3v) is 8.16. The number of hydrogen-bond donors (Lipinski definition) is 1. The van der Waals surface area contributed by atoms with Crippen molar-refractivity contribution in [1.82, 2.24) is 15.1 Å². The summed E-state index contributed by atoms with van der Waals surface area (Å²) < 4.78 is 0. The summed E-state index contributed by atoms with van der Waals surface area (Å²) in [5.41, 5.74) is 0.237. The Balaban J connectivity index is 1.12. The molecule has 0 unspecified atom stereocenters. The first-order chi connectivity index (χ1) is 13.1. The van der Waals surface area contributed by atoms with Crippen molar-refractivity contribution in [2.24, 2.45) is 17.8 Å². The summed E-state index contributed by atoms with van der Waals surface area (Å²) in [4.78, 5) is 29.8. The van der Waals surface area contributed by atoms with E-state index in [0.717, 1.165) is 22.6 Å². The van der Waals surface area contributed by atoms with Crippen molar-refractivity contribution < 1.29 is 9.59 Å². The van der Waals surface area contributed by atoms with Gasteiger partial charge >= 0.3 is 0 Å². The maximum absolute atomic E-state index is 12.8. The molecule has 0 atom stereocenters. The van der Waals surface area contributed by atoms with E-state index in [1.807, 2.05) is 27.3 Å². The zero-order valence-electron chi connectivity index (χ0n) is 15.9. The molecular weight excluding hydrogens is 358 g/mol. The van der Waals surface area contributed by atoms with Gasteiger partial charge in [-0.05, 0) is 67.7 Å². The molecule has 0 aromatic carbocycles. The van der Waals surface area contributed by atoms with Crippen LogP contribution in [-0.2, 0) is 4.79 Å². The molecule has 2 heterocycles. The molecule has 146 valence electrons. The summed E-state index contributed by atoms with van der Waals surface area (Å²) in [6, 6.07) is 3.79. The number of carbonyl (C=O) groups is 2. The summed E-state index contributed by atoms with van der Waals surface area (Å²) in [6.07, 6.45) is 8.10.